The molecule has 2 heterocycles. The number of hydrogen-bond donors (Lipinski definition) is 1. The molecule has 3 amide bonds. The Bertz CT molecular complexity index is 439. The summed E-state index contributed by atoms with van der Waals surface area (Å²) in [6.07, 6.45) is 3.98. The van der Waals surface area contributed by atoms with Crippen LogP contribution in [-0.2, 0) is 14.4 Å². The molecule has 1 saturated carbocycles. The van der Waals surface area contributed by atoms with E-state index in [1.165, 1.54) is 0 Å². The Hall–Kier alpha value is -1.59. The van der Waals surface area contributed by atoms with Gasteiger partial charge in [0.2, 0.25) is 17.7 Å². The van der Waals surface area contributed by atoms with Gasteiger partial charge in [-0.3, -0.25) is 14.4 Å². The van der Waals surface area contributed by atoms with Crippen LogP contribution >= 0.6 is 0 Å². The monoisotopic (exact) mass is 293 g/mol. The molecule has 0 bridgehead atoms. The van der Waals surface area contributed by atoms with E-state index in [1.54, 1.807) is 4.90 Å². The van der Waals surface area contributed by atoms with E-state index in [2.05, 4.69) is 5.32 Å². The quantitative estimate of drug-likeness (QED) is 0.778. The number of likely N-dealkylation sites (tertiary alicyclic amines) is 1. The van der Waals surface area contributed by atoms with Crippen LogP contribution in [0.2, 0.25) is 0 Å². The molecule has 1 aliphatic carbocycles. The first-order chi connectivity index (χ1) is 10.1. The normalized spacial score (nSPS) is 24.5. The van der Waals surface area contributed by atoms with Crippen molar-refractivity contribution in [1.82, 2.24) is 15.1 Å². The summed E-state index contributed by atoms with van der Waals surface area (Å²) in [5.74, 6) is 0.743. The van der Waals surface area contributed by atoms with Crippen molar-refractivity contribution in [3.8, 4) is 0 Å². The minimum Gasteiger partial charge on any atom is -0.354 e. The molecule has 6 nitrogen and oxygen atoms in total. The highest BCUT2D eigenvalue weighted by atomic mass is 16.2. The van der Waals surface area contributed by atoms with Crippen LogP contribution in [0.5, 0.6) is 0 Å². The van der Waals surface area contributed by atoms with Crippen LogP contribution < -0.4 is 5.32 Å². The SMILES string of the molecule is O=C1CCN(C(=O)C2CCN(C(=O)C3CC3)CC2)CCN1. The molecule has 0 unspecified atom stereocenters. The molecule has 6 heteroatoms. The second-order valence-electron chi connectivity index (χ2n) is 6.30. The molecule has 3 aliphatic rings. The first kappa shape index (κ1) is 14.4. The van der Waals surface area contributed by atoms with Gasteiger partial charge in [-0.05, 0) is 25.7 Å². The molecule has 116 valence electrons. The van der Waals surface area contributed by atoms with Gasteiger partial charge in [-0.1, -0.05) is 0 Å². The summed E-state index contributed by atoms with van der Waals surface area (Å²) in [4.78, 5) is 39.6. The number of nitrogens with zero attached hydrogens (tertiary/aromatic N) is 2. The van der Waals surface area contributed by atoms with Gasteiger partial charge in [-0.2, -0.15) is 0 Å². The van der Waals surface area contributed by atoms with Crippen molar-refractivity contribution in [3.63, 3.8) is 0 Å². The molecule has 0 aromatic carbocycles. The Morgan fingerprint density at radius 1 is 0.857 bits per heavy atom. The highest BCUT2D eigenvalue weighted by Crippen LogP contribution is 2.32. The van der Waals surface area contributed by atoms with Gasteiger partial charge in [-0.25, -0.2) is 0 Å². The van der Waals surface area contributed by atoms with Gasteiger partial charge < -0.3 is 15.1 Å². The number of carbonyl (C=O) groups excluding carboxylic acids is 3. The molecule has 0 atom stereocenters. The van der Waals surface area contributed by atoms with Crippen LogP contribution in [0.15, 0.2) is 0 Å². The predicted molar refractivity (Wildman–Crippen MR) is 76.2 cm³/mol. The van der Waals surface area contributed by atoms with Gasteiger partial charge >= 0.3 is 0 Å². The number of amides is 3. The van der Waals surface area contributed by atoms with E-state index >= 15 is 0 Å². The first-order valence-corrected chi connectivity index (χ1v) is 7.99. The molecule has 21 heavy (non-hydrogen) atoms. The number of nitrogens with one attached hydrogen (secondary N) is 1. The summed E-state index contributed by atoms with van der Waals surface area (Å²) >= 11 is 0. The second kappa shape index (κ2) is 6.03. The molecule has 3 fully saturated rings. The van der Waals surface area contributed by atoms with Crippen molar-refractivity contribution in [1.29, 1.82) is 0 Å². The Morgan fingerprint density at radius 2 is 1.43 bits per heavy atom. The molecule has 2 saturated heterocycles. The smallest absolute Gasteiger partial charge is 0.225 e. The maximum absolute atomic E-state index is 12.5. The van der Waals surface area contributed by atoms with Crippen LogP contribution in [0.4, 0.5) is 0 Å². The third kappa shape index (κ3) is 3.36. The minimum atomic E-state index is 0.0152. The van der Waals surface area contributed by atoms with Crippen LogP contribution in [0.25, 0.3) is 0 Å². The lowest BCUT2D eigenvalue weighted by Gasteiger charge is -2.34. The fourth-order valence-corrected chi connectivity index (χ4v) is 3.18. The van der Waals surface area contributed by atoms with E-state index in [0.29, 0.717) is 39.1 Å². The molecular formula is C15H23N3O3. The Kier molecular flexibility index (Phi) is 4.12. The molecule has 1 N–H and O–H groups in total. The Morgan fingerprint density at radius 3 is 2.05 bits per heavy atom. The zero-order chi connectivity index (χ0) is 14.8. The fourth-order valence-electron chi connectivity index (χ4n) is 3.18. The van der Waals surface area contributed by atoms with E-state index in [1.807, 2.05) is 4.90 Å². The zero-order valence-corrected chi connectivity index (χ0v) is 12.3. The lowest BCUT2D eigenvalue weighted by atomic mass is 9.95. The maximum atomic E-state index is 12.5. The van der Waals surface area contributed by atoms with Crippen LogP contribution in [0.1, 0.15) is 32.1 Å². The largest absolute Gasteiger partial charge is 0.354 e. The van der Waals surface area contributed by atoms with Crippen molar-refractivity contribution in [2.24, 2.45) is 11.8 Å². The van der Waals surface area contributed by atoms with Gasteiger partial charge in [0.05, 0.1) is 0 Å². The third-order valence-electron chi connectivity index (χ3n) is 4.71. The number of rotatable bonds is 2. The molecule has 0 aromatic heterocycles. The summed E-state index contributed by atoms with van der Waals surface area (Å²) < 4.78 is 0. The van der Waals surface area contributed by atoms with Crippen molar-refractivity contribution in [2.75, 3.05) is 32.7 Å². The fraction of sp³-hybridized carbons (Fsp3) is 0.800. The standard InChI is InChI=1S/C15H23N3O3/c19-13-5-9-18(10-6-16-13)15(21)12-3-7-17(8-4-12)14(20)11-1-2-11/h11-12H,1-10H2,(H,16,19). The molecule has 0 aromatic rings. The summed E-state index contributed by atoms with van der Waals surface area (Å²) in [6, 6.07) is 0. The zero-order valence-electron chi connectivity index (χ0n) is 12.3. The molecular weight excluding hydrogens is 270 g/mol. The topological polar surface area (TPSA) is 69.7 Å². The molecule has 0 radical (unpaired) electrons. The first-order valence-electron chi connectivity index (χ1n) is 7.99. The predicted octanol–water partition coefficient (Wildman–Crippen LogP) is -0.0165. The summed E-state index contributed by atoms with van der Waals surface area (Å²) in [7, 11) is 0. The highest BCUT2D eigenvalue weighted by molar-refractivity contribution is 5.83. The van der Waals surface area contributed by atoms with Gasteiger partial charge in [0.15, 0.2) is 0 Å². The summed E-state index contributed by atoms with van der Waals surface area (Å²) in [5, 5.41) is 2.79. The van der Waals surface area contributed by atoms with Crippen molar-refractivity contribution < 1.29 is 14.4 Å². The molecule has 3 rings (SSSR count). The molecule has 2 aliphatic heterocycles. The highest BCUT2D eigenvalue weighted by Gasteiger charge is 2.36. The Balaban J connectivity index is 1.50. The average molecular weight is 293 g/mol. The lowest BCUT2D eigenvalue weighted by molar-refractivity contribution is -0.141. The van der Waals surface area contributed by atoms with E-state index in [9.17, 15) is 14.4 Å². The lowest BCUT2D eigenvalue weighted by Crippen LogP contribution is -2.45. The maximum Gasteiger partial charge on any atom is 0.225 e. The average Bonchev–Trinajstić information content (AvgIpc) is 3.34. The van der Waals surface area contributed by atoms with E-state index in [0.717, 1.165) is 25.7 Å². The van der Waals surface area contributed by atoms with Crippen LogP contribution in [-0.4, -0.2) is 60.2 Å². The summed E-state index contributed by atoms with van der Waals surface area (Å²) in [5.41, 5.74) is 0. The van der Waals surface area contributed by atoms with Crippen molar-refractivity contribution in [2.45, 2.75) is 32.1 Å². The van der Waals surface area contributed by atoms with E-state index in [4.69, 9.17) is 0 Å². The van der Waals surface area contributed by atoms with Gasteiger partial charge in [0.25, 0.3) is 0 Å². The number of carbonyl (C=O) groups is 3. The van der Waals surface area contributed by atoms with Crippen molar-refractivity contribution >= 4 is 17.7 Å². The minimum absolute atomic E-state index is 0.0152. The second-order valence-corrected chi connectivity index (χ2v) is 6.30. The van der Waals surface area contributed by atoms with E-state index < -0.39 is 0 Å². The van der Waals surface area contributed by atoms with E-state index in [-0.39, 0.29) is 29.6 Å². The van der Waals surface area contributed by atoms with Gasteiger partial charge in [0.1, 0.15) is 0 Å². The summed E-state index contributed by atoms with van der Waals surface area (Å²) in [6.45, 7) is 3.08. The third-order valence-corrected chi connectivity index (χ3v) is 4.71. The number of piperidine rings is 1. The van der Waals surface area contributed by atoms with Gasteiger partial charge in [0, 0.05) is 51.0 Å². The Labute approximate surface area is 124 Å². The van der Waals surface area contributed by atoms with Crippen molar-refractivity contribution in [3.05, 3.63) is 0 Å². The number of hydrogen-bond acceptors (Lipinski definition) is 3. The van der Waals surface area contributed by atoms with Gasteiger partial charge in [-0.15, -0.1) is 0 Å². The molecule has 0 spiro atoms. The van der Waals surface area contributed by atoms with Crippen LogP contribution in [0.3, 0.4) is 0 Å². The van der Waals surface area contributed by atoms with Crippen LogP contribution in [0, 0.1) is 11.8 Å².